The van der Waals surface area contributed by atoms with Crippen LogP contribution < -0.4 is 5.73 Å². The Hall–Kier alpha value is -0.0800. The first kappa shape index (κ1) is 13.4. The van der Waals surface area contributed by atoms with Crippen LogP contribution in [0.1, 0.15) is 65.2 Å². The maximum Gasteiger partial charge on any atom is 0.00968 e. The molecule has 1 aliphatic heterocycles. The average molecular weight is 238 g/mol. The molecule has 0 aromatic rings. The van der Waals surface area contributed by atoms with E-state index in [2.05, 4.69) is 18.7 Å². The van der Waals surface area contributed by atoms with Crippen LogP contribution in [-0.4, -0.2) is 30.1 Å². The predicted molar refractivity (Wildman–Crippen MR) is 74.1 cm³/mol. The monoisotopic (exact) mass is 238 g/mol. The molecule has 0 bridgehead atoms. The predicted octanol–water partition coefficient (Wildman–Crippen LogP) is 3.16. The Bertz CT molecular complexity index is 217. The van der Waals surface area contributed by atoms with Crippen LogP contribution in [0.4, 0.5) is 0 Å². The van der Waals surface area contributed by atoms with Crippen LogP contribution in [0.15, 0.2) is 0 Å². The van der Waals surface area contributed by atoms with E-state index in [0.29, 0.717) is 11.5 Å². The summed E-state index contributed by atoms with van der Waals surface area (Å²) in [5.41, 5.74) is 6.67. The van der Waals surface area contributed by atoms with Gasteiger partial charge in [-0.15, -0.1) is 0 Å². The van der Waals surface area contributed by atoms with Gasteiger partial charge in [0.1, 0.15) is 0 Å². The molecule has 2 fully saturated rings. The average Bonchev–Trinajstić information content (AvgIpc) is 2.27. The van der Waals surface area contributed by atoms with Gasteiger partial charge in [-0.1, -0.05) is 26.7 Å². The standard InChI is InChI=1S/C15H30N2/c1-3-9-15(10-4-2)11-17(12-15)14-7-5-13(16)6-8-14/h13-14H,3-12,16H2,1-2H3. The zero-order valence-corrected chi connectivity index (χ0v) is 11.8. The van der Waals surface area contributed by atoms with E-state index in [4.69, 9.17) is 5.73 Å². The second-order valence-corrected chi connectivity index (χ2v) is 6.47. The van der Waals surface area contributed by atoms with Crippen molar-refractivity contribution < 1.29 is 0 Å². The SMILES string of the molecule is CCCC1(CCC)CN(C2CCC(N)CC2)C1. The van der Waals surface area contributed by atoms with E-state index in [0.717, 1.165) is 6.04 Å². The maximum atomic E-state index is 5.99. The fraction of sp³-hybridized carbons (Fsp3) is 1.00. The molecule has 2 heteroatoms. The molecule has 0 amide bonds. The molecule has 0 unspecified atom stereocenters. The smallest absolute Gasteiger partial charge is 0.00968 e. The molecule has 0 spiro atoms. The van der Waals surface area contributed by atoms with Gasteiger partial charge in [-0.05, 0) is 43.9 Å². The lowest BCUT2D eigenvalue weighted by atomic mass is 9.71. The van der Waals surface area contributed by atoms with E-state index in [-0.39, 0.29) is 0 Å². The number of hydrogen-bond donors (Lipinski definition) is 1. The fourth-order valence-corrected chi connectivity index (χ4v) is 4.04. The molecule has 1 saturated carbocycles. The minimum Gasteiger partial charge on any atom is -0.328 e. The Morgan fingerprint density at radius 2 is 1.53 bits per heavy atom. The van der Waals surface area contributed by atoms with Crippen LogP contribution >= 0.6 is 0 Å². The molecule has 17 heavy (non-hydrogen) atoms. The second-order valence-electron chi connectivity index (χ2n) is 6.47. The molecule has 100 valence electrons. The van der Waals surface area contributed by atoms with Crippen LogP contribution in [0.3, 0.4) is 0 Å². The van der Waals surface area contributed by atoms with Gasteiger partial charge in [0, 0.05) is 25.2 Å². The van der Waals surface area contributed by atoms with Gasteiger partial charge >= 0.3 is 0 Å². The summed E-state index contributed by atoms with van der Waals surface area (Å²) < 4.78 is 0. The summed E-state index contributed by atoms with van der Waals surface area (Å²) in [5.74, 6) is 0. The topological polar surface area (TPSA) is 29.3 Å². The van der Waals surface area contributed by atoms with Crippen LogP contribution in [0.5, 0.6) is 0 Å². The summed E-state index contributed by atoms with van der Waals surface area (Å²) in [5, 5.41) is 0. The van der Waals surface area contributed by atoms with E-state index in [1.54, 1.807) is 0 Å². The Labute approximate surface area is 107 Å². The van der Waals surface area contributed by atoms with Crippen LogP contribution in [0, 0.1) is 5.41 Å². The molecular formula is C15H30N2. The molecule has 2 rings (SSSR count). The molecule has 0 atom stereocenters. The summed E-state index contributed by atoms with van der Waals surface area (Å²) in [6.45, 7) is 7.41. The van der Waals surface area contributed by atoms with Crippen molar-refractivity contribution in [2.75, 3.05) is 13.1 Å². The van der Waals surface area contributed by atoms with Crippen molar-refractivity contribution in [1.29, 1.82) is 0 Å². The molecule has 1 heterocycles. The van der Waals surface area contributed by atoms with E-state index >= 15 is 0 Å². The van der Waals surface area contributed by atoms with E-state index < -0.39 is 0 Å². The Kier molecular flexibility index (Phi) is 4.48. The van der Waals surface area contributed by atoms with E-state index in [1.165, 1.54) is 64.5 Å². The number of hydrogen-bond acceptors (Lipinski definition) is 2. The van der Waals surface area contributed by atoms with Gasteiger partial charge in [0.25, 0.3) is 0 Å². The van der Waals surface area contributed by atoms with Crippen LogP contribution in [0.2, 0.25) is 0 Å². The first-order valence-electron chi connectivity index (χ1n) is 7.69. The van der Waals surface area contributed by atoms with Crippen LogP contribution in [-0.2, 0) is 0 Å². The Balaban J connectivity index is 1.79. The summed E-state index contributed by atoms with van der Waals surface area (Å²) >= 11 is 0. The highest BCUT2D eigenvalue weighted by atomic mass is 15.2. The minimum atomic E-state index is 0.489. The summed E-state index contributed by atoms with van der Waals surface area (Å²) in [6.07, 6.45) is 10.7. The molecule has 2 N–H and O–H groups in total. The van der Waals surface area contributed by atoms with Gasteiger partial charge in [-0.25, -0.2) is 0 Å². The van der Waals surface area contributed by atoms with Crippen molar-refractivity contribution >= 4 is 0 Å². The van der Waals surface area contributed by atoms with Crippen molar-refractivity contribution in [3.63, 3.8) is 0 Å². The molecular weight excluding hydrogens is 208 g/mol. The molecule has 0 aromatic carbocycles. The molecule has 1 aliphatic carbocycles. The van der Waals surface area contributed by atoms with Crippen molar-refractivity contribution in [1.82, 2.24) is 4.90 Å². The van der Waals surface area contributed by atoms with Gasteiger partial charge in [-0.3, -0.25) is 4.90 Å². The van der Waals surface area contributed by atoms with Gasteiger partial charge in [0.2, 0.25) is 0 Å². The zero-order valence-electron chi connectivity index (χ0n) is 11.8. The third-order valence-electron chi connectivity index (χ3n) is 4.90. The number of nitrogens with zero attached hydrogens (tertiary/aromatic N) is 1. The van der Waals surface area contributed by atoms with Crippen molar-refractivity contribution in [3.05, 3.63) is 0 Å². The van der Waals surface area contributed by atoms with Crippen molar-refractivity contribution in [2.45, 2.75) is 77.3 Å². The molecule has 0 aromatic heterocycles. The van der Waals surface area contributed by atoms with E-state index in [1.807, 2.05) is 0 Å². The Morgan fingerprint density at radius 1 is 1.00 bits per heavy atom. The zero-order chi connectivity index (χ0) is 12.3. The normalized spacial score (nSPS) is 33.4. The van der Waals surface area contributed by atoms with Crippen molar-refractivity contribution in [3.8, 4) is 0 Å². The lowest BCUT2D eigenvalue weighted by Crippen LogP contribution is -2.60. The lowest BCUT2D eigenvalue weighted by Gasteiger charge is -2.55. The third-order valence-corrected chi connectivity index (χ3v) is 4.90. The van der Waals surface area contributed by atoms with Crippen LogP contribution in [0.25, 0.3) is 0 Å². The summed E-state index contributed by atoms with van der Waals surface area (Å²) in [4.78, 5) is 2.75. The quantitative estimate of drug-likeness (QED) is 0.797. The lowest BCUT2D eigenvalue weighted by molar-refractivity contribution is -0.0535. The highest BCUT2D eigenvalue weighted by Gasteiger charge is 2.44. The summed E-state index contributed by atoms with van der Waals surface area (Å²) in [6, 6.07) is 1.35. The maximum absolute atomic E-state index is 5.99. The molecule has 1 saturated heterocycles. The minimum absolute atomic E-state index is 0.489. The molecule has 0 radical (unpaired) electrons. The first-order chi connectivity index (χ1) is 8.19. The van der Waals surface area contributed by atoms with Gasteiger partial charge in [0.05, 0.1) is 0 Å². The highest BCUT2D eigenvalue weighted by Crippen LogP contribution is 2.42. The number of likely N-dealkylation sites (tertiary alicyclic amines) is 1. The van der Waals surface area contributed by atoms with Gasteiger partial charge in [-0.2, -0.15) is 0 Å². The number of rotatable bonds is 5. The molecule has 2 aliphatic rings. The molecule has 2 nitrogen and oxygen atoms in total. The van der Waals surface area contributed by atoms with Crippen molar-refractivity contribution in [2.24, 2.45) is 11.1 Å². The number of nitrogens with two attached hydrogens (primary N) is 1. The third kappa shape index (κ3) is 3.03. The first-order valence-corrected chi connectivity index (χ1v) is 7.69. The summed E-state index contributed by atoms with van der Waals surface area (Å²) in [7, 11) is 0. The van der Waals surface area contributed by atoms with Gasteiger partial charge < -0.3 is 5.73 Å². The Morgan fingerprint density at radius 3 is 2.00 bits per heavy atom. The largest absolute Gasteiger partial charge is 0.328 e. The van der Waals surface area contributed by atoms with E-state index in [9.17, 15) is 0 Å². The highest BCUT2D eigenvalue weighted by molar-refractivity contribution is 4.98. The fourth-order valence-electron chi connectivity index (χ4n) is 4.04. The van der Waals surface area contributed by atoms with Gasteiger partial charge in [0.15, 0.2) is 0 Å². The second kappa shape index (κ2) is 5.71.